The smallest absolute Gasteiger partial charge is 0.256 e. The number of carbonyl (C=O) groups is 1. The molecule has 1 aliphatic rings. The van der Waals surface area contributed by atoms with E-state index in [1.54, 1.807) is 12.4 Å². The van der Waals surface area contributed by atoms with Crippen molar-refractivity contribution in [2.75, 3.05) is 18.4 Å². The number of aromatic nitrogens is 2. The van der Waals surface area contributed by atoms with Crippen LogP contribution < -0.4 is 5.32 Å². The van der Waals surface area contributed by atoms with Gasteiger partial charge in [0.05, 0.1) is 47.7 Å². The Morgan fingerprint density at radius 3 is 2.64 bits per heavy atom. The molecular formula is C23H22F3IN4O2. The van der Waals surface area contributed by atoms with Gasteiger partial charge in [-0.15, -0.1) is 0 Å². The lowest BCUT2D eigenvalue weighted by Gasteiger charge is -2.46. The van der Waals surface area contributed by atoms with E-state index in [0.717, 1.165) is 17.8 Å². The standard InChI is InChI=1S/C23H22F3IN4O2/c1-30-10-15(28-13-30)3-2-8-23(33)11-31(12-23)22(32)16-5-6-17(24)20(26)21(16)29-19-7-4-14(27)9-18(19)25/h4-7,9-10,13,29,33H,2-3,8,11-12H2,1H3. The highest BCUT2D eigenvalue weighted by Crippen LogP contribution is 2.33. The van der Waals surface area contributed by atoms with E-state index in [1.807, 2.05) is 40.4 Å². The first kappa shape index (κ1) is 23.6. The van der Waals surface area contributed by atoms with Gasteiger partial charge in [-0.05, 0) is 72.2 Å². The summed E-state index contributed by atoms with van der Waals surface area (Å²) >= 11 is 1.93. The molecule has 33 heavy (non-hydrogen) atoms. The van der Waals surface area contributed by atoms with Crippen molar-refractivity contribution < 1.29 is 23.1 Å². The van der Waals surface area contributed by atoms with Crippen LogP contribution in [0.4, 0.5) is 24.5 Å². The molecule has 2 aromatic carbocycles. The Bertz CT molecular complexity index is 1190. The number of aryl methyl sites for hydroxylation is 2. The second-order valence-corrected chi connectivity index (χ2v) is 9.55. The molecule has 10 heteroatoms. The SMILES string of the molecule is Cn1cnc(CCCC2(O)CN(C(=O)c3ccc(F)c(F)c3Nc3ccc(I)cc3F)C2)c1. The topological polar surface area (TPSA) is 70.4 Å². The number of carbonyl (C=O) groups excluding carboxylic acids is 1. The highest BCUT2D eigenvalue weighted by Gasteiger charge is 2.43. The van der Waals surface area contributed by atoms with Gasteiger partial charge in [0, 0.05) is 16.8 Å². The molecule has 0 radical (unpaired) electrons. The maximum atomic E-state index is 14.6. The summed E-state index contributed by atoms with van der Waals surface area (Å²) in [4.78, 5) is 18.6. The molecule has 1 amide bonds. The van der Waals surface area contributed by atoms with Gasteiger partial charge in [0.15, 0.2) is 11.6 Å². The van der Waals surface area contributed by atoms with Crippen LogP contribution in [-0.2, 0) is 13.5 Å². The van der Waals surface area contributed by atoms with Crippen LogP contribution in [-0.4, -0.2) is 44.2 Å². The van der Waals surface area contributed by atoms with E-state index in [0.29, 0.717) is 22.8 Å². The minimum atomic E-state index is -1.27. The Hall–Kier alpha value is -2.60. The van der Waals surface area contributed by atoms with Gasteiger partial charge in [0.25, 0.3) is 5.91 Å². The molecule has 0 unspecified atom stereocenters. The number of hydrogen-bond donors (Lipinski definition) is 2. The summed E-state index contributed by atoms with van der Waals surface area (Å²) in [6.07, 6.45) is 5.50. The van der Waals surface area contributed by atoms with Crippen molar-refractivity contribution in [1.82, 2.24) is 14.5 Å². The number of halogens is 4. The summed E-state index contributed by atoms with van der Waals surface area (Å²) in [5.74, 6) is -3.66. The molecule has 3 aromatic rings. The minimum Gasteiger partial charge on any atom is -0.386 e. The average molecular weight is 570 g/mol. The molecule has 0 saturated carbocycles. The van der Waals surface area contributed by atoms with E-state index in [4.69, 9.17) is 0 Å². The molecule has 174 valence electrons. The summed E-state index contributed by atoms with van der Waals surface area (Å²) < 4.78 is 45.3. The molecule has 1 fully saturated rings. The van der Waals surface area contributed by atoms with E-state index in [9.17, 15) is 23.1 Å². The number of nitrogens with zero attached hydrogens (tertiary/aromatic N) is 3. The highest BCUT2D eigenvalue weighted by atomic mass is 127. The third kappa shape index (κ3) is 5.16. The fourth-order valence-electron chi connectivity index (χ4n) is 3.91. The zero-order valence-electron chi connectivity index (χ0n) is 17.8. The molecule has 0 spiro atoms. The highest BCUT2D eigenvalue weighted by molar-refractivity contribution is 14.1. The zero-order valence-corrected chi connectivity index (χ0v) is 19.9. The zero-order chi connectivity index (χ0) is 23.8. The Morgan fingerprint density at radius 1 is 1.21 bits per heavy atom. The molecule has 2 N–H and O–H groups in total. The molecule has 6 nitrogen and oxygen atoms in total. The fourth-order valence-corrected chi connectivity index (χ4v) is 4.36. The van der Waals surface area contributed by atoms with Gasteiger partial charge in [-0.25, -0.2) is 18.2 Å². The third-order valence-corrected chi connectivity index (χ3v) is 6.28. The van der Waals surface area contributed by atoms with Crippen LogP contribution in [0.5, 0.6) is 0 Å². The molecule has 0 aliphatic carbocycles. The molecule has 2 heterocycles. The fraction of sp³-hybridized carbons (Fsp3) is 0.304. The first-order valence-corrected chi connectivity index (χ1v) is 11.4. The molecule has 0 bridgehead atoms. The summed E-state index contributed by atoms with van der Waals surface area (Å²) in [6, 6.07) is 6.25. The Labute approximate surface area is 202 Å². The van der Waals surface area contributed by atoms with Crippen LogP contribution >= 0.6 is 22.6 Å². The van der Waals surface area contributed by atoms with Crippen LogP contribution in [0.15, 0.2) is 42.9 Å². The number of aliphatic hydroxyl groups is 1. The van der Waals surface area contributed by atoms with Crippen LogP contribution in [0.3, 0.4) is 0 Å². The lowest BCUT2D eigenvalue weighted by atomic mass is 9.87. The van der Waals surface area contributed by atoms with Gasteiger partial charge in [0.2, 0.25) is 0 Å². The molecule has 1 aromatic heterocycles. The maximum Gasteiger partial charge on any atom is 0.256 e. The number of β-amino-alcohol motifs (C(OH)–C–C–N with tert-alkyl or cyclic N) is 1. The summed E-state index contributed by atoms with van der Waals surface area (Å²) in [6.45, 7) is 0.148. The Balaban J connectivity index is 1.44. The van der Waals surface area contributed by atoms with Crippen molar-refractivity contribution in [2.24, 2.45) is 7.05 Å². The van der Waals surface area contributed by atoms with Gasteiger partial charge < -0.3 is 19.9 Å². The lowest BCUT2D eigenvalue weighted by Crippen LogP contribution is -2.63. The minimum absolute atomic E-state index is 0.0738. The summed E-state index contributed by atoms with van der Waals surface area (Å²) in [7, 11) is 1.88. The Kier molecular flexibility index (Phi) is 6.66. The van der Waals surface area contributed by atoms with E-state index in [1.165, 1.54) is 17.0 Å². The van der Waals surface area contributed by atoms with Gasteiger partial charge >= 0.3 is 0 Å². The maximum absolute atomic E-state index is 14.6. The number of likely N-dealkylation sites (tertiary alicyclic amines) is 1. The number of nitrogens with one attached hydrogen (secondary N) is 1. The quantitative estimate of drug-likeness (QED) is 0.414. The number of hydrogen-bond acceptors (Lipinski definition) is 4. The second-order valence-electron chi connectivity index (χ2n) is 8.30. The van der Waals surface area contributed by atoms with Crippen molar-refractivity contribution in [3.05, 3.63) is 75.1 Å². The predicted octanol–water partition coefficient (Wildman–Crippen LogP) is 4.40. The van der Waals surface area contributed by atoms with Crippen LogP contribution in [0.2, 0.25) is 0 Å². The second kappa shape index (κ2) is 9.34. The van der Waals surface area contributed by atoms with Crippen LogP contribution in [0.25, 0.3) is 0 Å². The van der Waals surface area contributed by atoms with Gasteiger partial charge in [0.1, 0.15) is 5.82 Å². The average Bonchev–Trinajstić information content (AvgIpc) is 3.16. The number of amides is 1. The van der Waals surface area contributed by atoms with Crippen molar-refractivity contribution in [2.45, 2.75) is 24.9 Å². The first-order chi connectivity index (χ1) is 15.6. The summed E-state index contributed by atoms with van der Waals surface area (Å²) in [5, 5.41) is 13.2. The largest absolute Gasteiger partial charge is 0.386 e. The van der Waals surface area contributed by atoms with Gasteiger partial charge in [-0.2, -0.15) is 0 Å². The van der Waals surface area contributed by atoms with Crippen molar-refractivity contribution in [3.8, 4) is 0 Å². The molecule has 1 saturated heterocycles. The number of anilines is 2. The Morgan fingerprint density at radius 2 is 1.97 bits per heavy atom. The number of imidazole rings is 1. The number of rotatable bonds is 7. The molecule has 4 rings (SSSR count). The predicted molar refractivity (Wildman–Crippen MR) is 126 cm³/mol. The lowest BCUT2D eigenvalue weighted by molar-refractivity contribution is -0.0866. The molecule has 1 aliphatic heterocycles. The van der Waals surface area contributed by atoms with Gasteiger partial charge in [-0.3, -0.25) is 4.79 Å². The molecule has 0 atom stereocenters. The van der Waals surface area contributed by atoms with Crippen molar-refractivity contribution in [1.29, 1.82) is 0 Å². The van der Waals surface area contributed by atoms with E-state index in [2.05, 4.69) is 10.3 Å². The monoisotopic (exact) mass is 570 g/mol. The van der Waals surface area contributed by atoms with E-state index in [-0.39, 0.29) is 24.3 Å². The van der Waals surface area contributed by atoms with Crippen LogP contribution in [0.1, 0.15) is 28.9 Å². The van der Waals surface area contributed by atoms with Crippen molar-refractivity contribution >= 4 is 39.9 Å². The summed E-state index contributed by atoms with van der Waals surface area (Å²) in [5.41, 5.74) is -0.774. The first-order valence-electron chi connectivity index (χ1n) is 10.3. The van der Waals surface area contributed by atoms with Crippen molar-refractivity contribution in [3.63, 3.8) is 0 Å². The van der Waals surface area contributed by atoms with Crippen LogP contribution in [0, 0.1) is 21.0 Å². The molecular weight excluding hydrogens is 548 g/mol. The van der Waals surface area contributed by atoms with E-state index < -0.39 is 34.6 Å². The third-order valence-electron chi connectivity index (χ3n) is 5.61. The number of benzene rings is 2. The normalized spacial score (nSPS) is 14.8. The van der Waals surface area contributed by atoms with Gasteiger partial charge in [-0.1, -0.05) is 0 Å². The van der Waals surface area contributed by atoms with E-state index >= 15 is 0 Å².